The van der Waals surface area contributed by atoms with Crippen molar-refractivity contribution in [1.29, 1.82) is 0 Å². The number of likely N-dealkylation sites (tertiary alicyclic amines) is 1. The number of likely N-dealkylation sites (N-methyl/N-ethyl adjacent to an activating group) is 1. The van der Waals surface area contributed by atoms with Crippen LogP contribution < -0.4 is 4.90 Å². The number of rotatable bonds is 4. The normalized spacial score (nSPS) is 18.9. The van der Waals surface area contributed by atoms with Gasteiger partial charge in [0.2, 0.25) is 5.95 Å². The van der Waals surface area contributed by atoms with Crippen LogP contribution in [0.2, 0.25) is 5.15 Å². The molecule has 1 fully saturated rings. The molecule has 0 N–H and O–H groups in total. The van der Waals surface area contributed by atoms with Gasteiger partial charge < -0.3 is 4.90 Å². The number of hydrogen-bond donors (Lipinski definition) is 0. The van der Waals surface area contributed by atoms with Crippen molar-refractivity contribution in [1.82, 2.24) is 19.9 Å². The fourth-order valence-corrected chi connectivity index (χ4v) is 2.87. The van der Waals surface area contributed by atoms with Crippen molar-refractivity contribution in [3.63, 3.8) is 0 Å². The van der Waals surface area contributed by atoms with Crippen LogP contribution in [0.15, 0.2) is 36.8 Å². The van der Waals surface area contributed by atoms with Crippen molar-refractivity contribution in [2.24, 2.45) is 0 Å². The second kappa shape index (κ2) is 6.37. The van der Waals surface area contributed by atoms with Gasteiger partial charge in [-0.15, -0.1) is 0 Å². The van der Waals surface area contributed by atoms with Gasteiger partial charge in [-0.25, -0.2) is 15.0 Å². The van der Waals surface area contributed by atoms with E-state index in [-0.39, 0.29) is 0 Å². The molecule has 1 unspecified atom stereocenters. The van der Waals surface area contributed by atoms with Crippen molar-refractivity contribution >= 4 is 17.5 Å². The van der Waals surface area contributed by atoms with Crippen LogP contribution in [0.1, 0.15) is 12.0 Å². The summed E-state index contributed by atoms with van der Waals surface area (Å²) >= 11 is 6.13. The zero-order valence-electron chi connectivity index (χ0n) is 12.0. The standard InChI is InChI=1S/C15H18ClN5/c1-20(15-18-7-3-8-19-15)13-5-9-21(11-13)10-12-4-2-6-17-14(12)16/h2-4,6-8,13H,5,9-11H2,1H3. The Hall–Kier alpha value is -1.72. The Bertz CT molecular complexity index is 592. The smallest absolute Gasteiger partial charge is 0.225 e. The highest BCUT2D eigenvalue weighted by atomic mass is 35.5. The predicted molar refractivity (Wildman–Crippen MR) is 83.4 cm³/mol. The lowest BCUT2D eigenvalue weighted by Crippen LogP contribution is -2.35. The summed E-state index contributed by atoms with van der Waals surface area (Å²) in [6.07, 6.45) is 6.38. The minimum Gasteiger partial charge on any atom is -0.340 e. The summed E-state index contributed by atoms with van der Waals surface area (Å²) < 4.78 is 0. The molecule has 1 aliphatic rings. The van der Waals surface area contributed by atoms with Gasteiger partial charge >= 0.3 is 0 Å². The first-order chi connectivity index (χ1) is 10.2. The number of nitrogens with zero attached hydrogens (tertiary/aromatic N) is 5. The molecule has 2 aromatic rings. The van der Waals surface area contributed by atoms with Gasteiger partial charge in [-0.3, -0.25) is 4.90 Å². The number of anilines is 1. The molecule has 0 radical (unpaired) electrons. The molecule has 6 heteroatoms. The number of pyridine rings is 1. The van der Waals surface area contributed by atoms with Crippen molar-refractivity contribution in [3.8, 4) is 0 Å². The average Bonchev–Trinajstić information content (AvgIpc) is 2.98. The fraction of sp³-hybridized carbons (Fsp3) is 0.400. The van der Waals surface area contributed by atoms with Crippen molar-refractivity contribution in [2.75, 3.05) is 25.0 Å². The quantitative estimate of drug-likeness (QED) is 0.811. The number of halogens is 1. The monoisotopic (exact) mass is 303 g/mol. The van der Waals surface area contributed by atoms with Crippen LogP contribution in [0, 0.1) is 0 Å². The summed E-state index contributed by atoms with van der Waals surface area (Å²) in [6, 6.07) is 6.23. The van der Waals surface area contributed by atoms with E-state index in [1.165, 1.54) is 0 Å². The highest BCUT2D eigenvalue weighted by molar-refractivity contribution is 6.30. The number of aromatic nitrogens is 3. The zero-order chi connectivity index (χ0) is 14.7. The van der Waals surface area contributed by atoms with Gasteiger partial charge in [0.15, 0.2) is 0 Å². The Kier molecular flexibility index (Phi) is 4.31. The molecular weight excluding hydrogens is 286 g/mol. The van der Waals surface area contributed by atoms with Gasteiger partial charge in [0.1, 0.15) is 5.15 Å². The van der Waals surface area contributed by atoms with Gasteiger partial charge in [0.25, 0.3) is 0 Å². The molecule has 21 heavy (non-hydrogen) atoms. The second-order valence-corrected chi connectivity index (χ2v) is 5.65. The van der Waals surface area contributed by atoms with E-state index in [0.29, 0.717) is 11.2 Å². The van der Waals surface area contributed by atoms with E-state index >= 15 is 0 Å². The van der Waals surface area contributed by atoms with Crippen LogP contribution in [0.3, 0.4) is 0 Å². The summed E-state index contributed by atoms with van der Waals surface area (Å²) in [5.41, 5.74) is 1.08. The van der Waals surface area contributed by atoms with Gasteiger partial charge in [0, 0.05) is 56.9 Å². The third-order valence-corrected chi connectivity index (χ3v) is 4.23. The first-order valence-corrected chi connectivity index (χ1v) is 7.43. The zero-order valence-corrected chi connectivity index (χ0v) is 12.7. The van der Waals surface area contributed by atoms with Crippen LogP contribution in [0.25, 0.3) is 0 Å². The van der Waals surface area contributed by atoms with E-state index in [9.17, 15) is 0 Å². The molecular formula is C15H18ClN5. The summed E-state index contributed by atoms with van der Waals surface area (Å²) in [5.74, 6) is 0.781. The second-order valence-electron chi connectivity index (χ2n) is 5.29. The molecule has 0 aromatic carbocycles. The minimum absolute atomic E-state index is 0.433. The van der Waals surface area contributed by atoms with Gasteiger partial charge in [-0.05, 0) is 18.6 Å². The lowest BCUT2D eigenvalue weighted by atomic mass is 10.2. The predicted octanol–water partition coefficient (Wildman–Crippen LogP) is 2.24. The van der Waals surface area contributed by atoms with E-state index in [4.69, 9.17) is 11.6 Å². The van der Waals surface area contributed by atoms with Gasteiger partial charge in [0.05, 0.1) is 0 Å². The summed E-state index contributed by atoms with van der Waals surface area (Å²) in [5, 5.41) is 0.598. The maximum Gasteiger partial charge on any atom is 0.225 e. The molecule has 0 amide bonds. The molecule has 110 valence electrons. The molecule has 2 aromatic heterocycles. The average molecular weight is 304 g/mol. The number of hydrogen-bond acceptors (Lipinski definition) is 5. The fourth-order valence-electron chi connectivity index (χ4n) is 2.69. The van der Waals surface area contributed by atoms with E-state index in [1.807, 2.05) is 18.2 Å². The van der Waals surface area contributed by atoms with Crippen molar-refractivity contribution in [3.05, 3.63) is 47.5 Å². The topological polar surface area (TPSA) is 45.2 Å². The largest absolute Gasteiger partial charge is 0.340 e. The van der Waals surface area contributed by atoms with E-state index < -0.39 is 0 Å². The molecule has 3 heterocycles. The lowest BCUT2D eigenvalue weighted by Gasteiger charge is -2.24. The van der Waals surface area contributed by atoms with Crippen LogP contribution in [0.5, 0.6) is 0 Å². The van der Waals surface area contributed by atoms with E-state index in [2.05, 4.69) is 31.8 Å². The Morgan fingerprint density at radius 2 is 2.00 bits per heavy atom. The Morgan fingerprint density at radius 1 is 1.24 bits per heavy atom. The first kappa shape index (κ1) is 14.2. The van der Waals surface area contributed by atoms with Crippen LogP contribution in [-0.4, -0.2) is 46.0 Å². The first-order valence-electron chi connectivity index (χ1n) is 7.05. The highest BCUT2D eigenvalue weighted by Gasteiger charge is 2.27. The van der Waals surface area contributed by atoms with E-state index in [1.54, 1.807) is 18.6 Å². The Labute approximate surface area is 129 Å². The Morgan fingerprint density at radius 3 is 2.76 bits per heavy atom. The van der Waals surface area contributed by atoms with Gasteiger partial charge in [-0.1, -0.05) is 17.7 Å². The molecule has 1 aliphatic heterocycles. The van der Waals surface area contributed by atoms with Crippen LogP contribution in [-0.2, 0) is 6.54 Å². The summed E-state index contributed by atoms with van der Waals surface area (Å²) in [7, 11) is 2.06. The third kappa shape index (κ3) is 3.31. The Balaban J connectivity index is 1.62. The molecule has 0 saturated carbocycles. The molecule has 3 rings (SSSR count). The SMILES string of the molecule is CN(c1ncccn1)C1CCN(Cc2cccnc2Cl)C1. The maximum absolute atomic E-state index is 6.13. The third-order valence-electron chi connectivity index (χ3n) is 3.89. The maximum atomic E-state index is 6.13. The molecule has 0 bridgehead atoms. The molecule has 1 saturated heterocycles. The van der Waals surface area contributed by atoms with Crippen LogP contribution >= 0.6 is 11.6 Å². The lowest BCUT2D eigenvalue weighted by molar-refractivity contribution is 0.325. The highest BCUT2D eigenvalue weighted by Crippen LogP contribution is 2.21. The molecule has 5 nitrogen and oxygen atoms in total. The minimum atomic E-state index is 0.433. The molecule has 0 aliphatic carbocycles. The summed E-state index contributed by atoms with van der Waals surface area (Å²) in [6.45, 7) is 2.87. The van der Waals surface area contributed by atoms with Crippen molar-refractivity contribution in [2.45, 2.75) is 19.0 Å². The van der Waals surface area contributed by atoms with Gasteiger partial charge in [-0.2, -0.15) is 0 Å². The van der Waals surface area contributed by atoms with Crippen molar-refractivity contribution < 1.29 is 0 Å². The van der Waals surface area contributed by atoms with E-state index in [0.717, 1.165) is 37.6 Å². The molecule has 1 atom stereocenters. The summed E-state index contributed by atoms with van der Waals surface area (Å²) in [4.78, 5) is 17.3. The van der Waals surface area contributed by atoms with Crippen LogP contribution in [0.4, 0.5) is 5.95 Å². The molecule has 0 spiro atoms.